The minimum atomic E-state index is -5.51. The Kier molecular flexibility index (Phi) is 10.7. The molecule has 2 fully saturated rings. The minimum absolute atomic E-state index is 0.0246. The van der Waals surface area contributed by atoms with E-state index in [1.165, 1.54) is 23.4 Å². The molecule has 0 spiro atoms. The number of nitrogens with two attached hydrogens (primary N) is 2. The highest BCUT2D eigenvalue weighted by Gasteiger charge is 2.54. The van der Waals surface area contributed by atoms with E-state index < -0.39 is 92.0 Å². The van der Waals surface area contributed by atoms with Gasteiger partial charge in [0.15, 0.2) is 30.0 Å². The predicted molar refractivity (Wildman–Crippen MR) is 154 cm³/mol. The first kappa shape index (κ1) is 36.7. The van der Waals surface area contributed by atoms with E-state index in [0.717, 1.165) is 17.2 Å². The summed E-state index contributed by atoms with van der Waals surface area (Å²) in [5, 5.41) is 31.6. The van der Waals surface area contributed by atoms with Crippen LogP contribution in [0.2, 0.25) is 0 Å². The van der Waals surface area contributed by atoms with Crippen LogP contribution in [0, 0.1) is 0 Å². The molecule has 12 N–H and O–H groups in total. The van der Waals surface area contributed by atoms with Crippen LogP contribution in [0.25, 0.3) is 11.2 Å². The zero-order valence-electron chi connectivity index (χ0n) is 24.1. The molecule has 3 aliphatic heterocycles. The lowest BCUT2D eigenvalue weighted by atomic mass is 10.1. The van der Waals surface area contributed by atoms with Crippen LogP contribution in [0.4, 0.5) is 5.82 Å². The van der Waals surface area contributed by atoms with Gasteiger partial charge in [-0.05, 0) is 6.42 Å². The minimum Gasteiger partial charge on any atom is -0.387 e. The highest BCUT2D eigenvalue weighted by Crippen LogP contribution is 2.61. The van der Waals surface area contributed by atoms with Crippen LogP contribution in [0.3, 0.4) is 0 Å². The molecule has 2 saturated heterocycles. The van der Waals surface area contributed by atoms with Crippen molar-refractivity contribution in [1.29, 1.82) is 0 Å². The Morgan fingerprint density at radius 2 is 1.60 bits per heavy atom. The van der Waals surface area contributed by atoms with Crippen LogP contribution >= 0.6 is 23.8 Å². The van der Waals surface area contributed by atoms with Crippen molar-refractivity contribution in [1.82, 2.24) is 24.4 Å². The Balaban J connectivity index is 1.20. The summed E-state index contributed by atoms with van der Waals surface area (Å²) in [6.45, 7) is -2.00. The number of allylic oxidation sites excluding steroid dienone is 1. The smallest absolute Gasteiger partial charge is 0.387 e. The van der Waals surface area contributed by atoms with Gasteiger partial charge in [-0.15, -0.1) is 4.52 Å². The molecule has 0 bridgehead atoms. The van der Waals surface area contributed by atoms with Crippen LogP contribution in [0.15, 0.2) is 36.7 Å². The van der Waals surface area contributed by atoms with Crippen molar-refractivity contribution in [3.8, 4) is 0 Å². The van der Waals surface area contributed by atoms with Gasteiger partial charge < -0.3 is 50.9 Å². The number of amides is 1. The Labute approximate surface area is 269 Å². The van der Waals surface area contributed by atoms with E-state index in [1.807, 2.05) is 0 Å². The summed E-state index contributed by atoms with van der Waals surface area (Å²) < 4.78 is 55.8. The quantitative estimate of drug-likeness (QED) is 0.0912. The van der Waals surface area contributed by atoms with Crippen LogP contribution in [-0.4, -0.2) is 126 Å². The lowest BCUT2D eigenvalue weighted by Crippen LogP contribution is -2.40. The van der Waals surface area contributed by atoms with Gasteiger partial charge in [0.25, 0.3) is 0 Å². The number of phosphoric acid groups is 2. The number of aliphatic hydroxyl groups is 3. The summed E-state index contributed by atoms with van der Waals surface area (Å²) in [5.74, 6) is -0.776. The number of aliphatic hydroxyl groups excluding tert-OH is 3. The van der Waals surface area contributed by atoms with Crippen LogP contribution < -0.4 is 11.5 Å². The first-order chi connectivity index (χ1) is 22.4. The molecule has 0 saturated carbocycles. The van der Waals surface area contributed by atoms with E-state index in [0.29, 0.717) is 0 Å². The summed E-state index contributed by atoms with van der Waals surface area (Å²) >= 11 is 0. The Morgan fingerprint density at radius 3 is 2.23 bits per heavy atom. The summed E-state index contributed by atoms with van der Waals surface area (Å²) in [4.78, 5) is 73.2. The number of nitrogens with zero attached hydrogens (tertiary/aromatic N) is 5. The number of anilines is 1. The molecule has 48 heavy (non-hydrogen) atoms. The zero-order chi connectivity index (χ0) is 35.2. The molecule has 5 unspecified atom stereocenters. The number of hydrogen-bond donors (Lipinski definition) is 10. The van der Waals surface area contributed by atoms with E-state index in [1.54, 1.807) is 0 Å². The normalized spacial score (nSPS) is 31.9. The SMILES string of the molecule is NC(=O)C1=CN(C2O[C@H](COP(=O)(O)OP(=O)(O)OC[C@H]3O[C@@H](n4cnc5c(N)ncnc54)[C@H](O[P+](O)(O)O)[C@@H]3O)C(O)C2O)C=CC1. The second kappa shape index (κ2) is 14.0. The monoisotopic (exact) mass is 746 g/mol. The van der Waals surface area contributed by atoms with Gasteiger partial charge in [-0.25, -0.2) is 24.1 Å². The third-order valence-corrected chi connectivity index (χ3v) is 10.2. The van der Waals surface area contributed by atoms with Crippen LogP contribution in [-0.2, 0) is 41.3 Å². The highest BCUT2D eigenvalue weighted by molar-refractivity contribution is 7.61. The van der Waals surface area contributed by atoms with Crippen molar-refractivity contribution in [2.75, 3.05) is 18.9 Å². The maximum absolute atomic E-state index is 12.6. The van der Waals surface area contributed by atoms with Crippen molar-refractivity contribution in [2.24, 2.45) is 5.73 Å². The molecule has 5 rings (SSSR count). The Morgan fingerprint density at radius 1 is 0.979 bits per heavy atom. The van der Waals surface area contributed by atoms with Gasteiger partial charge in [0, 0.05) is 18.0 Å². The molecule has 24 nitrogen and oxygen atoms in total. The van der Waals surface area contributed by atoms with Gasteiger partial charge in [-0.1, -0.05) is 6.08 Å². The van der Waals surface area contributed by atoms with Crippen molar-refractivity contribution in [2.45, 2.75) is 55.5 Å². The molecule has 2 aromatic rings. The fourth-order valence-electron chi connectivity index (χ4n) is 4.94. The number of fused-ring (bicyclic) bond motifs is 1. The molecule has 1 amide bonds. The molecule has 266 valence electrons. The van der Waals surface area contributed by atoms with Crippen molar-refractivity contribution < 1.29 is 81.1 Å². The Bertz CT molecular complexity index is 1670. The first-order valence-corrected chi connectivity index (χ1v) is 18.1. The van der Waals surface area contributed by atoms with Gasteiger partial charge in [-0.3, -0.25) is 18.4 Å². The molecule has 0 aliphatic carbocycles. The van der Waals surface area contributed by atoms with Crippen molar-refractivity contribution in [3.63, 3.8) is 0 Å². The van der Waals surface area contributed by atoms with Gasteiger partial charge >= 0.3 is 23.8 Å². The number of aromatic nitrogens is 4. The van der Waals surface area contributed by atoms with Gasteiger partial charge in [0.1, 0.15) is 42.4 Å². The molecular formula is C21H31N7O17P3+. The number of phosphoric ester groups is 2. The van der Waals surface area contributed by atoms with E-state index in [9.17, 15) is 53.7 Å². The molecule has 10 atom stereocenters. The lowest BCUT2D eigenvalue weighted by Gasteiger charge is -2.28. The number of carbonyl (C=O) groups is 1. The summed E-state index contributed by atoms with van der Waals surface area (Å²) in [6.07, 6.45) is -6.24. The summed E-state index contributed by atoms with van der Waals surface area (Å²) in [6, 6.07) is 0. The van der Waals surface area contributed by atoms with E-state index in [4.69, 9.17) is 30.0 Å². The third kappa shape index (κ3) is 8.24. The largest absolute Gasteiger partial charge is 0.567 e. The van der Waals surface area contributed by atoms with Crippen molar-refractivity contribution >= 4 is 46.7 Å². The molecule has 2 aromatic heterocycles. The summed E-state index contributed by atoms with van der Waals surface area (Å²) in [5.41, 5.74) is 11.3. The van der Waals surface area contributed by atoms with E-state index in [2.05, 4.69) is 23.8 Å². The first-order valence-electron chi connectivity index (χ1n) is 13.5. The lowest BCUT2D eigenvalue weighted by molar-refractivity contribution is -0.115. The second-order valence-corrected chi connectivity index (χ2v) is 14.7. The maximum Gasteiger partial charge on any atom is 0.567 e. The third-order valence-electron chi connectivity index (χ3n) is 7.12. The number of nitrogen functional groups attached to an aromatic ring is 1. The number of primary amides is 1. The number of ether oxygens (including phenoxy) is 2. The topological polar surface area (TPSA) is 367 Å². The number of hydrogen-bond acceptors (Lipinski definition) is 20. The second-order valence-electron chi connectivity index (χ2n) is 10.4. The molecule has 0 aromatic carbocycles. The fraction of sp³-hybridized carbons (Fsp3) is 0.524. The van der Waals surface area contributed by atoms with Gasteiger partial charge in [0.05, 0.1) is 19.5 Å². The molecular weight excluding hydrogens is 715 g/mol. The number of carbonyl (C=O) groups excluding carboxylic acids is 1. The fourth-order valence-corrected chi connectivity index (χ4v) is 7.58. The molecule has 0 radical (unpaired) electrons. The van der Waals surface area contributed by atoms with Crippen molar-refractivity contribution in [3.05, 3.63) is 36.7 Å². The van der Waals surface area contributed by atoms with Crippen LogP contribution in [0.5, 0.6) is 0 Å². The molecule has 27 heteroatoms. The zero-order valence-corrected chi connectivity index (χ0v) is 26.8. The average molecular weight is 746 g/mol. The van der Waals surface area contributed by atoms with Gasteiger partial charge in [-0.2, -0.15) is 19.0 Å². The van der Waals surface area contributed by atoms with Gasteiger partial charge in [0.2, 0.25) is 5.91 Å². The number of imidazole rings is 1. The standard InChI is InChI=1S/C21H30N7O17P3/c22-17-12-19(25-7-24-17)28(8-26-12)21-16(44-46(33,34)35)14(30)11(43-21)6-41-48(38,39)45-47(36,37)40-5-10-13(29)15(31)20(42-10)27-3-1-2-9(4-27)18(23)32/h1,3-4,7-8,10-11,13-16,20-21,29-31,33-35H,2,5-6H2,(H5-,22,23,24,25,32,36,37,38,39)/p+1/t10-,11-,13?,14-,15?,16-,20?,21-/m1/s1. The average Bonchev–Trinajstić information content (AvgIpc) is 3.64. The molecule has 3 aliphatic rings. The Hall–Kier alpha value is -2.57. The maximum atomic E-state index is 12.6. The predicted octanol–water partition coefficient (Wildman–Crippen LogP) is -3.01. The van der Waals surface area contributed by atoms with Crippen LogP contribution in [0.1, 0.15) is 12.6 Å². The molecule has 5 heterocycles. The number of rotatable bonds is 13. The van der Waals surface area contributed by atoms with E-state index in [-0.39, 0.29) is 29.0 Å². The summed E-state index contributed by atoms with van der Waals surface area (Å²) in [7, 11) is -16.0. The highest BCUT2D eigenvalue weighted by atomic mass is 31.3. The van der Waals surface area contributed by atoms with E-state index >= 15 is 0 Å².